The number of unbranched alkanes of at least 4 members (excludes halogenated alkanes) is 1. The highest BCUT2D eigenvalue weighted by Crippen LogP contribution is 2.24. The fourth-order valence-electron chi connectivity index (χ4n) is 4.58. The molecule has 0 aromatic heterocycles. The minimum atomic E-state index is 0.157. The number of likely N-dealkylation sites (N-methyl/N-ethyl adjacent to an activating group) is 1. The predicted octanol–water partition coefficient (Wildman–Crippen LogP) is 5.39. The van der Waals surface area contributed by atoms with Crippen LogP contribution in [-0.4, -0.2) is 54.8 Å². The third-order valence-corrected chi connectivity index (χ3v) is 6.88. The molecular weight excluding hydrogens is 446 g/mol. The number of anilines is 1. The molecule has 1 aliphatic rings. The molecule has 4 rings (SSSR count). The molecule has 3 aromatic rings. The maximum Gasteiger partial charge on any atom is 0.227 e. The average molecular weight is 484 g/mol. The Morgan fingerprint density at radius 2 is 1.53 bits per heavy atom. The van der Waals surface area contributed by atoms with Gasteiger partial charge in [0.15, 0.2) is 0 Å². The van der Waals surface area contributed by atoms with E-state index in [0.717, 1.165) is 67.0 Å². The van der Waals surface area contributed by atoms with E-state index < -0.39 is 0 Å². The summed E-state index contributed by atoms with van der Waals surface area (Å²) in [6, 6.07) is 26.6. The zero-order chi connectivity index (χ0) is 25.3. The number of hydrogen-bond donors (Lipinski definition) is 0. The van der Waals surface area contributed by atoms with Crippen molar-refractivity contribution in [2.24, 2.45) is 0 Å². The second kappa shape index (κ2) is 12.5. The summed E-state index contributed by atoms with van der Waals surface area (Å²) < 4.78 is 0. The van der Waals surface area contributed by atoms with Crippen LogP contribution in [0.1, 0.15) is 37.3 Å². The molecular formula is C31H37N3O2. The van der Waals surface area contributed by atoms with Crippen molar-refractivity contribution in [2.45, 2.75) is 39.2 Å². The topological polar surface area (TPSA) is 43.9 Å². The molecule has 5 heteroatoms. The van der Waals surface area contributed by atoms with Gasteiger partial charge in [0.1, 0.15) is 0 Å². The van der Waals surface area contributed by atoms with Crippen LogP contribution in [0.2, 0.25) is 0 Å². The van der Waals surface area contributed by atoms with Gasteiger partial charge in [-0.15, -0.1) is 0 Å². The number of rotatable bonds is 9. The SMILES string of the molecule is CCCCC(=O)N(Cc1ccc(-c2cccc(CC(=O)N3CCN(C)CC3)c2)cc1)c1ccccc1. The number of piperazine rings is 1. The third-order valence-electron chi connectivity index (χ3n) is 6.88. The number of nitrogens with zero attached hydrogens (tertiary/aromatic N) is 3. The van der Waals surface area contributed by atoms with Crippen molar-refractivity contribution in [3.05, 3.63) is 90.0 Å². The molecule has 5 nitrogen and oxygen atoms in total. The van der Waals surface area contributed by atoms with Crippen molar-refractivity contribution < 1.29 is 9.59 Å². The first-order chi connectivity index (χ1) is 17.5. The van der Waals surface area contributed by atoms with Gasteiger partial charge in [-0.2, -0.15) is 0 Å². The number of hydrogen-bond acceptors (Lipinski definition) is 3. The van der Waals surface area contributed by atoms with Crippen molar-refractivity contribution in [1.82, 2.24) is 9.80 Å². The molecule has 0 saturated carbocycles. The standard InChI is InChI=1S/C31H37N3O2/c1-3-4-13-30(35)34(29-11-6-5-7-12-29)24-25-14-16-27(17-15-25)28-10-8-9-26(22-28)23-31(36)33-20-18-32(2)19-21-33/h5-12,14-17,22H,3-4,13,18-21,23-24H2,1-2H3. The summed E-state index contributed by atoms with van der Waals surface area (Å²) >= 11 is 0. The Morgan fingerprint density at radius 3 is 2.22 bits per heavy atom. The first-order valence-electron chi connectivity index (χ1n) is 13.0. The minimum absolute atomic E-state index is 0.157. The number of carbonyl (C=O) groups excluding carboxylic acids is 2. The minimum Gasteiger partial charge on any atom is -0.340 e. The van der Waals surface area contributed by atoms with Crippen LogP contribution < -0.4 is 4.90 Å². The molecule has 36 heavy (non-hydrogen) atoms. The Hall–Kier alpha value is -3.44. The van der Waals surface area contributed by atoms with E-state index in [1.54, 1.807) is 0 Å². The Balaban J connectivity index is 1.44. The van der Waals surface area contributed by atoms with Crippen LogP contribution >= 0.6 is 0 Å². The lowest BCUT2D eigenvalue weighted by molar-refractivity contribution is -0.132. The van der Waals surface area contributed by atoms with Gasteiger partial charge >= 0.3 is 0 Å². The zero-order valence-electron chi connectivity index (χ0n) is 21.5. The summed E-state index contributed by atoms with van der Waals surface area (Å²) in [6.07, 6.45) is 2.89. The molecule has 0 aliphatic carbocycles. The maximum absolute atomic E-state index is 12.9. The fraction of sp³-hybridized carbons (Fsp3) is 0.355. The van der Waals surface area contributed by atoms with E-state index >= 15 is 0 Å². The van der Waals surface area contributed by atoms with Gasteiger partial charge in [0.2, 0.25) is 11.8 Å². The van der Waals surface area contributed by atoms with E-state index in [1.165, 1.54) is 0 Å². The highest BCUT2D eigenvalue weighted by Gasteiger charge is 2.19. The molecule has 0 spiro atoms. The zero-order valence-corrected chi connectivity index (χ0v) is 21.5. The second-order valence-electron chi connectivity index (χ2n) is 9.68. The van der Waals surface area contributed by atoms with E-state index in [9.17, 15) is 9.59 Å². The second-order valence-corrected chi connectivity index (χ2v) is 9.68. The predicted molar refractivity (Wildman–Crippen MR) is 147 cm³/mol. The van der Waals surface area contributed by atoms with Crippen molar-refractivity contribution in [3.8, 4) is 11.1 Å². The number of benzene rings is 3. The normalized spacial score (nSPS) is 14.0. The van der Waals surface area contributed by atoms with Gasteiger partial charge in [-0.25, -0.2) is 0 Å². The van der Waals surface area contributed by atoms with Gasteiger partial charge in [0.25, 0.3) is 0 Å². The largest absolute Gasteiger partial charge is 0.340 e. The molecule has 2 amide bonds. The molecule has 1 aliphatic heterocycles. The molecule has 0 radical (unpaired) electrons. The van der Waals surface area contributed by atoms with Crippen LogP contribution in [0.25, 0.3) is 11.1 Å². The van der Waals surface area contributed by atoms with Crippen LogP contribution in [0.5, 0.6) is 0 Å². The van der Waals surface area contributed by atoms with Gasteiger partial charge in [0.05, 0.1) is 13.0 Å². The van der Waals surface area contributed by atoms with Crippen LogP contribution in [-0.2, 0) is 22.6 Å². The van der Waals surface area contributed by atoms with Gasteiger partial charge in [-0.1, -0.05) is 80.1 Å². The van der Waals surface area contributed by atoms with Gasteiger partial charge in [-0.3, -0.25) is 9.59 Å². The van der Waals surface area contributed by atoms with Crippen molar-refractivity contribution in [2.75, 3.05) is 38.1 Å². The van der Waals surface area contributed by atoms with E-state index in [0.29, 0.717) is 19.4 Å². The highest BCUT2D eigenvalue weighted by molar-refractivity contribution is 5.93. The molecule has 1 saturated heterocycles. The van der Waals surface area contributed by atoms with E-state index in [2.05, 4.69) is 55.3 Å². The number of carbonyl (C=O) groups is 2. The molecule has 0 unspecified atom stereocenters. The quantitative estimate of drug-likeness (QED) is 0.410. The molecule has 1 fully saturated rings. The molecule has 0 N–H and O–H groups in total. The molecule has 188 valence electrons. The third kappa shape index (κ3) is 6.82. The Kier molecular flexibility index (Phi) is 8.90. The average Bonchev–Trinajstić information content (AvgIpc) is 2.91. The smallest absolute Gasteiger partial charge is 0.227 e. The van der Waals surface area contributed by atoms with Crippen molar-refractivity contribution in [3.63, 3.8) is 0 Å². The summed E-state index contributed by atoms with van der Waals surface area (Å²) in [6.45, 7) is 6.13. The Labute approximate surface area is 215 Å². The van der Waals surface area contributed by atoms with Gasteiger partial charge < -0.3 is 14.7 Å². The summed E-state index contributed by atoms with van der Waals surface area (Å²) in [7, 11) is 2.10. The van der Waals surface area contributed by atoms with Crippen LogP contribution in [0.4, 0.5) is 5.69 Å². The lowest BCUT2D eigenvalue weighted by Gasteiger charge is -2.32. The van der Waals surface area contributed by atoms with Gasteiger partial charge in [-0.05, 0) is 47.9 Å². The van der Waals surface area contributed by atoms with Gasteiger partial charge in [0, 0.05) is 38.3 Å². The number of amides is 2. The number of para-hydroxylation sites is 1. The fourth-order valence-corrected chi connectivity index (χ4v) is 4.58. The lowest BCUT2D eigenvalue weighted by Crippen LogP contribution is -2.47. The van der Waals surface area contributed by atoms with E-state index in [1.807, 2.05) is 52.3 Å². The first kappa shape index (κ1) is 25.6. The van der Waals surface area contributed by atoms with Crippen molar-refractivity contribution >= 4 is 17.5 Å². The summed E-state index contributed by atoms with van der Waals surface area (Å²) in [5.74, 6) is 0.356. The van der Waals surface area contributed by atoms with Crippen LogP contribution in [0.15, 0.2) is 78.9 Å². The summed E-state index contributed by atoms with van der Waals surface area (Å²) in [4.78, 5) is 31.8. The van der Waals surface area contributed by atoms with Crippen LogP contribution in [0, 0.1) is 0 Å². The van der Waals surface area contributed by atoms with E-state index in [-0.39, 0.29) is 11.8 Å². The summed E-state index contributed by atoms with van der Waals surface area (Å²) in [5, 5.41) is 0. The van der Waals surface area contributed by atoms with Crippen LogP contribution in [0.3, 0.4) is 0 Å². The first-order valence-corrected chi connectivity index (χ1v) is 13.0. The maximum atomic E-state index is 12.9. The molecule has 1 heterocycles. The monoisotopic (exact) mass is 483 g/mol. The van der Waals surface area contributed by atoms with Crippen molar-refractivity contribution in [1.29, 1.82) is 0 Å². The molecule has 0 bridgehead atoms. The lowest BCUT2D eigenvalue weighted by atomic mass is 10.00. The molecule has 0 atom stereocenters. The van der Waals surface area contributed by atoms with E-state index in [4.69, 9.17) is 0 Å². The Morgan fingerprint density at radius 1 is 0.806 bits per heavy atom. The highest BCUT2D eigenvalue weighted by atomic mass is 16.2. The Bertz CT molecular complexity index is 1140. The summed E-state index contributed by atoms with van der Waals surface area (Å²) in [5.41, 5.74) is 5.27. The molecule has 3 aromatic carbocycles.